The lowest BCUT2D eigenvalue weighted by molar-refractivity contribution is -0.0928. The molecule has 12 rings (SSSR count). The van der Waals surface area contributed by atoms with Crippen LogP contribution < -0.4 is 29.4 Å². The van der Waals surface area contributed by atoms with Crippen molar-refractivity contribution in [1.82, 2.24) is 29.9 Å². The van der Waals surface area contributed by atoms with E-state index in [0.717, 1.165) is 143 Å². The standard InChI is InChI=1S/C15H24N2O2.2C13H20N2O2.3C13H20N2O/c1-11(2)13-6-5-12(9-16-13)17-7-8-19-14(10-17)15(3,4)18;2*1-10(2)13-4-3-11(7-14-13)15-5-6-17-12(8-15)9-16;3*1-10(2)13-5-4-12(8-14-13)15-6-7-16-9-11(15)3/h5-6,9,11,14,18H,7-8,10H2,1-4H3;2*3-4,7,10,12,16H,5-6,8-9H2,1-2H3;3*4-5,8,10-11H,6-7,9H2,1-3H3/t14-;12-;;2*11-;/m10.10./s1. The monoisotopic (exact) mass is 1400 g/mol. The first-order valence-corrected chi connectivity index (χ1v) is 37.2. The average Bonchev–Trinajstić information content (AvgIpc) is 1.43. The largest absolute Gasteiger partial charge is 0.394 e. The highest BCUT2D eigenvalue weighted by Gasteiger charge is 2.33. The Kier molecular flexibility index (Phi) is 33.1. The molecule has 101 heavy (non-hydrogen) atoms. The van der Waals surface area contributed by atoms with Gasteiger partial charge in [0.05, 0.1) is 162 Å². The summed E-state index contributed by atoms with van der Waals surface area (Å²) in [5.41, 5.74) is 12.9. The SMILES string of the molecule is CC(C)c1ccc(N2CCOC(CO)C2)cn1.CC(C)c1ccc(N2CCOCC2C)cn1.CC(C)c1ccc(N2CCOC[C@@H]2C)cn1.CC(C)c1ccc(N2CCOC[C@H]2C)cn1.CC(C)c1ccc(N2CCO[C@@H](C(C)(C)O)C2)cn1.CC(C)c1ccc(N2CCO[C@H](CO)C2)cn1. The minimum Gasteiger partial charge on any atom is -0.394 e. The molecule has 6 saturated heterocycles. The summed E-state index contributed by atoms with van der Waals surface area (Å²) in [5.74, 6) is 2.85. The van der Waals surface area contributed by atoms with Gasteiger partial charge in [-0.15, -0.1) is 0 Å². The Morgan fingerprint density at radius 2 is 0.604 bits per heavy atom. The summed E-state index contributed by atoms with van der Waals surface area (Å²) < 4.78 is 32.8. The molecule has 12 heterocycles. The molecule has 6 atom stereocenters. The van der Waals surface area contributed by atoms with Crippen LogP contribution in [0.25, 0.3) is 0 Å². The van der Waals surface area contributed by atoms with Crippen molar-refractivity contribution in [3.63, 3.8) is 0 Å². The number of hydrogen-bond donors (Lipinski definition) is 3. The Morgan fingerprint density at radius 3 is 0.822 bits per heavy atom. The molecule has 0 radical (unpaired) electrons. The molecule has 0 amide bonds. The van der Waals surface area contributed by atoms with Crippen molar-refractivity contribution in [3.8, 4) is 0 Å². The number of rotatable bonds is 15. The van der Waals surface area contributed by atoms with E-state index in [0.29, 0.717) is 80.0 Å². The second-order valence-corrected chi connectivity index (χ2v) is 29.6. The van der Waals surface area contributed by atoms with E-state index >= 15 is 0 Å². The Morgan fingerprint density at radius 1 is 0.356 bits per heavy atom. The van der Waals surface area contributed by atoms with Gasteiger partial charge in [0.1, 0.15) is 6.10 Å². The lowest BCUT2D eigenvalue weighted by Crippen LogP contribution is -2.52. The fourth-order valence-electron chi connectivity index (χ4n) is 12.3. The minimum atomic E-state index is -0.816. The normalized spacial score (nSPS) is 21.2. The number of aliphatic hydroxyl groups excluding tert-OH is 2. The van der Waals surface area contributed by atoms with Crippen molar-refractivity contribution < 1.29 is 43.7 Å². The maximum atomic E-state index is 10.1. The molecule has 21 heteroatoms. The predicted octanol–water partition coefficient (Wildman–Crippen LogP) is 12.3. The maximum absolute atomic E-state index is 10.1. The van der Waals surface area contributed by atoms with Gasteiger partial charge >= 0.3 is 0 Å². The summed E-state index contributed by atoms with van der Waals surface area (Å²) in [4.78, 5) is 40.7. The molecule has 6 fully saturated rings. The van der Waals surface area contributed by atoms with Crippen molar-refractivity contribution in [2.75, 3.05) is 161 Å². The summed E-state index contributed by atoms with van der Waals surface area (Å²) in [6.45, 7) is 50.6. The Bertz CT molecular complexity index is 3000. The molecule has 6 aliphatic rings. The Hall–Kier alpha value is -6.66. The van der Waals surface area contributed by atoms with Gasteiger partial charge in [0.15, 0.2) is 0 Å². The number of aliphatic hydroxyl groups is 3. The molecule has 2 unspecified atom stereocenters. The molecular weight excluding hydrogens is 1270 g/mol. The first-order valence-electron chi connectivity index (χ1n) is 37.2. The fraction of sp³-hybridized carbons (Fsp3) is 0.625. The van der Waals surface area contributed by atoms with Gasteiger partial charge in [-0.1, -0.05) is 83.1 Å². The van der Waals surface area contributed by atoms with Crippen molar-refractivity contribution in [1.29, 1.82) is 0 Å². The van der Waals surface area contributed by atoms with E-state index in [9.17, 15) is 5.11 Å². The molecule has 6 aromatic heterocycles. The third kappa shape index (κ3) is 25.6. The highest BCUT2D eigenvalue weighted by Crippen LogP contribution is 2.28. The zero-order chi connectivity index (χ0) is 73.2. The van der Waals surface area contributed by atoms with E-state index in [1.54, 1.807) is 13.8 Å². The quantitative estimate of drug-likeness (QED) is 0.0872. The second-order valence-electron chi connectivity index (χ2n) is 29.6. The van der Waals surface area contributed by atoms with Crippen molar-refractivity contribution in [2.45, 2.75) is 195 Å². The van der Waals surface area contributed by atoms with E-state index in [4.69, 9.17) is 38.6 Å². The smallest absolute Gasteiger partial charge is 0.103 e. The fourth-order valence-corrected chi connectivity index (χ4v) is 12.3. The van der Waals surface area contributed by atoms with Crippen LogP contribution in [-0.2, 0) is 28.4 Å². The predicted molar refractivity (Wildman–Crippen MR) is 409 cm³/mol. The molecule has 3 N–H and O–H groups in total. The van der Waals surface area contributed by atoms with E-state index in [1.807, 2.05) is 37.2 Å². The third-order valence-electron chi connectivity index (χ3n) is 18.9. The van der Waals surface area contributed by atoms with E-state index in [2.05, 4.69) is 236 Å². The van der Waals surface area contributed by atoms with Crippen LogP contribution in [0, 0.1) is 0 Å². The lowest BCUT2D eigenvalue weighted by atomic mass is 10.00. The Labute approximate surface area is 605 Å². The van der Waals surface area contributed by atoms with Crippen molar-refractivity contribution >= 4 is 34.1 Å². The van der Waals surface area contributed by atoms with Gasteiger partial charge in [0.25, 0.3) is 0 Å². The molecule has 21 nitrogen and oxygen atoms in total. The van der Waals surface area contributed by atoms with Crippen molar-refractivity contribution in [3.05, 3.63) is 144 Å². The highest BCUT2D eigenvalue weighted by molar-refractivity contribution is 5.50. The molecule has 0 bridgehead atoms. The van der Waals surface area contributed by atoms with E-state index in [-0.39, 0.29) is 31.5 Å². The molecule has 558 valence electrons. The third-order valence-corrected chi connectivity index (χ3v) is 18.9. The number of nitrogens with zero attached hydrogens (tertiary/aromatic N) is 12. The Balaban J connectivity index is 0.000000170. The number of anilines is 6. The van der Waals surface area contributed by atoms with Crippen LogP contribution >= 0.6 is 0 Å². The first-order chi connectivity index (χ1) is 48.3. The minimum absolute atomic E-state index is 0.0754. The molecule has 6 aliphatic heterocycles. The number of aromatic nitrogens is 6. The van der Waals surface area contributed by atoms with Crippen LogP contribution in [0.2, 0.25) is 0 Å². The number of hydrogen-bond acceptors (Lipinski definition) is 21. The molecule has 0 aliphatic carbocycles. The second kappa shape index (κ2) is 41.0. The van der Waals surface area contributed by atoms with Gasteiger partial charge in [-0.05, 0) is 143 Å². The number of pyridine rings is 6. The van der Waals surface area contributed by atoms with Gasteiger partial charge in [0, 0.05) is 111 Å². The molecule has 6 aromatic rings. The summed E-state index contributed by atoms with van der Waals surface area (Å²) in [5, 5.41) is 28.3. The zero-order valence-corrected chi connectivity index (χ0v) is 64.1. The van der Waals surface area contributed by atoms with E-state index < -0.39 is 5.60 Å². The van der Waals surface area contributed by atoms with Gasteiger partial charge in [-0.2, -0.15) is 0 Å². The lowest BCUT2D eigenvalue weighted by Gasteiger charge is -2.39. The zero-order valence-electron chi connectivity index (χ0n) is 64.1. The maximum Gasteiger partial charge on any atom is 0.103 e. The first kappa shape index (κ1) is 81.6. The summed E-state index contributed by atoms with van der Waals surface area (Å²) >= 11 is 0. The van der Waals surface area contributed by atoms with Crippen LogP contribution in [-0.4, -0.2) is 219 Å². The highest BCUT2D eigenvalue weighted by atomic mass is 16.5. The van der Waals surface area contributed by atoms with Crippen LogP contribution in [0.5, 0.6) is 0 Å². The van der Waals surface area contributed by atoms with Crippen LogP contribution in [0.1, 0.15) is 187 Å². The van der Waals surface area contributed by atoms with Gasteiger partial charge in [0.2, 0.25) is 0 Å². The molecular formula is C80H124N12O9. The summed E-state index contributed by atoms with van der Waals surface area (Å²) in [7, 11) is 0. The molecule has 0 saturated carbocycles. The topological polar surface area (TPSA) is 213 Å². The van der Waals surface area contributed by atoms with Crippen molar-refractivity contribution in [2.24, 2.45) is 0 Å². The van der Waals surface area contributed by atoms with E-state index in [1.165, 1.54) is 17.1 Å². The molecule has 0 spiro atoms. The van der Waals surface area contributed by atoms with Crippen LogP contribution in [0.3, 0.4) is 0 Å². The van der Waals surface area contributed by atoms with Crippen LogP contribution in [0.4, 0.5) is 34.1 Å². The van der Waals surface area contributed by atoms with Gasteiger partial charge in [-0.3, -0.25) is 29.9 Å². The van der Waals surface area contributed by atoms with Gasteiger partial charge in [-0.25, -0.2) is 0 Å². The number of morpholine rings is 6. The average molecular weight is 1400 g/mol. The summed E-state index contributed by atoms with van der Waals surface area (Å²) in [6.07, 6.45) is 11.4. The summed E-state index contributed by atoms with van der Waals surface area (Å²) in [6, 6.07) is 26.8. The number of ether oxygens (including phenoxy) is 6. The van der Waals surface area contributed by atoms with Gasteiger partial charge < -0.3 is 73.1 Å². The molecule has 0 aromatic carbocycles. The van der Waals surface area contributed by atoms with Crippen LogP contribution in [0.15, 0.2) is 110 Å².